The van der Waals surface area contributed by atoms with E-state index in [-0.39, 0.29) is 0 Å². The zero-order valence-corrected chi connectivity index (χ0v) is 10.3. The molecule has 0 bridgehead atoms. The molecule has 0 aromatic heterocycles. The van der Waals surface area contributed by atoms with Crippen LogP contribution in [-0.2, 0) is 6.42 Å². The van der Waals surface area contributed by atoms with Crippen molar-refractivity contribution in [2.75, 3.05) is 20.1 Å². The van der Waals surface area contributed by atoms with Gasteiger partial charge in [0, 0.05) is 24.2 Å². The van der Waals surface area contributed by atoms with Gasteiger partial charge in [0.2, 0.25) is 0 Å². The molecular formula is C13H17ClN2. The van der Waals surface area contributed by atoms with Gasteiger partial charge in [0.1, 0.15) is 0 Å². The maximum atomic E-state index is 6.28. The lowest BCUT2D eigenvalue weighted by atomic mass is 9.82. The van der Waals surface area contributed by atoms with Gasteiger partial charge in [-0.1, -0.05) is 23.7 Å². The van der Waals surface area contributed by atoms with Crippen LogP contribution in [0.1, 0.15) is 23.6 Å². The first-order chi connectivity index (χ1) is 7.77. The first kappa shape index (κ1) is 10.6. The van der Waals surface area contributed by atoms with E-state index in [0.717, 1.165) is 24.5 Å². The molecule has 1 fully saturated rings. The molecular weight excluding hydrogens is 220 g/mol. The molecule has 16 heavy (non-hydrogen) atoms. The summed E-state index contributed by atoms with van der Waals surface area (Å²) in [6.45, 7) is 2.22. The van der Waals surface area contributed by atoms with Crippen molar-refractivity contribution >= 4 is 11.6 Å². The quantitative estimate of drug-likeness (QED) is 0.743. The van der Waals surface area contributed by atoms with E-state index in [1.165, 1.54) is 17.5 Å². The summed E-state index contributed by atoms with van der Waals surface area (Å²) in [6.07, 6.45) is 2.31. The topological polar surface area (TPSA) is 15.3 Å². The molecule has 0 spiro atoms. The molecule has 1 heterocycles. The number of nitrogens with one attached hydrogen (secondary N) is 1. The Labute approximate surface area is 102 Å². The molecule has 1 N–H and O–H groups in total. The molecule has 0 saturated carbocycles. The van der Waals surface area contributed by atoms with Crippen molar-refractivity contribution < 1.29 is 0 Å². The molecule has 1 aliphatic heterocycles. The van der Waals surface area contributed by atoms with Gasteiger partial charge in [0.25, 0.3) is 0 Å². The maximum Gasteiger partial charge on any atom is 0.0502 e. The van der Waals surface area contributed by atoms with Crippen molar-refractivity contribution in [1.82, 2.24) is 10.2 Å². The standard InChI is InChI=1S/C13H17ClN2/c1-16-8-7-15-12-6-5-9-10(13(12)16)3-2-4-11(9)14/h2-4,12-13,15H,5-8H2,1H3. The number of nitrogens with zero attached hydrogens (tertiary/aromatic N) is 1. The molecule has 2 nitrogen and oxygen atoms in total. The van der Waals surface area contributed by atoms with E-state index < -0.39 is 0 Å². The number of benzene rings is 1. The van der Waals surface area contributed by atoms with Gasteiger partial charge in [-0.3, -0.25) is 4.90 Å². The Morgan fingerprint density at radius 3 is 3.19 bits per heavy atom. The third-order valence-electron chi connectivity index (χ3n) is 3.91. The Morgan fingerprint density at radius 2 is 2.31 bits per heavy atom. The van der Waals surface area contributed by atoms with Gasteiger partial charge in [-0.05, 0) is 37.1 Å². The highest BCUT2D eigenvalue weighted by molar-refractivity contribution is 6.31. The number of fused-ring (bicyclic) bond motifs is 3. The minimum atomic E-state index is 0.510. The van der Waals surface area contributed by atoms with Crippen molar-refractivity contribution in [2.24, 2.45) is 0 Å². The van der Waals surface area contributed by atoms with Crippen molar-refractivity contribution in [3.05, 3.63) is 34.3 Å². The molecule has 1 aromatic carbocycles. The highest BCUT2D eigenvalue weighted by Gasteiger charge is 2.35. The molecule has 86 valence electrons. The lowest BCUT2D eigenvalue weighted by Crippen LogP contribution is -2.53. The summed E-state index contributed by atoms with van der Waals surface area (Å²) in [7, 11) is 2.22. The molecule has 0 radical (unpaired) electrons. The summed E-state index contributed by atoms with van der Waals surface area (Å²) in [5.41, 5.74) is 2.79. The lowest BCUT2D eigenvalue weighted by molar-refractivity contribution is 0.137. The van der Waals surface area contributed by atoms with Gasteiger partial charge in [-0.2, -0.15) is 0 Å². The number of likely N-dealkylation sites (N-methyl/N-ethyl adjacent to an activating group) is 1. The summed E-state index contributed by atoms with van der Waals surface area (Å²) in [6, 6.07) is 7.44. The molecule has 1 saturated heterocycles. The summed E-state index contributed by atoms with van der Waals surface area (Å²) in [5.74, 6) is 0. The zero-order valence-electron chi connectivity index (χ0n) is 9.54. The average Bonchev–Trinajstić information content (AvgIpc) is 2.29. The normalized spacial score (nSPS) is 29.6. The molecule has 2 aliphatic rings. The zero-order chi connectivity index (χ0) is 11.1. The van der Waals surface area contributed by atoms with E-state index in [9.17, 15) is 0 Å². The fourth-order valence-electron chi connectivity index (χ4n) is 3.11. The number of hydrogen-bond acceptors (Lipinski definition) is 2. The van der Waals surface area contributed by atoms with Crippen LogP contribution < -0.4 is 5.32 Å². The Hall–Kier alpha value is -0.570. The predicted octanol–water partition coefficient (Wildman–Crippen LogP) is 2.23. The van der Waals surface area contributed by atoms with E-state index in [1.807, 2.05) is 6.07 Å². The second-order valence-corrected chi connectivity index (χ2v) is 5.24. The maximum absolute atomic E-state index is 6.28. The number of hydrogen-bond donors (Lipinski definition) is 1. The monoisotopic (exact) mass is 236 g/mol. The molecule has 3 rings (SSSR count). The van der Waals surface area contributed by atoms with Gasteiger partial charge in [-0.15, -0.1) is 0 Å². The largest absolute Gasteiger partial charge is 0.311 e. The Balaban J connectivity index is 2.06. The fraction of sp³-hybridized carbons (Fsp3) is 0.538. The minimum absolute atomic E-state index is 0.510. The van der Waals surface area contributed by atoms with Crippen LogP contribution in [0, 0.1) is 0 Å². The van der Waals surface area contributed by atoms with Crippen LogP contribution in [0.2, 0.25) is 5.02 Å². The van der Waals surface area contributed by atoms with Crippen molar-refractivity contribution in [3.63, 3.8) is 0 Å². The molecule has 1 aromatic rings. The van der Waals surface area contributed by atoms with Crippen LogP contribution in [0.3, 0.4) is 0 Å². The van der Waals surface area contributed by atoms with Crippen molar-refractivity contribution in [2.45, 2.75) is 24.9 Å². The molecule has 0 amide bonds. The predicted molar refractivity (Wildman–Crippen MR) is 66.9 cm³/mol. The van der Waals surface area contributed by atoms with Crippen molar-refractivity contribution in [1.29, 1.82) is 0 Å². The Kier molecular flexibility index (Phi) is 2.66. The van der Waals surface area contributed by atoms with Gasteiger partial charge in [0.15, 0.2) is 0 Å². The lowest BCUT2D eigenvalue weighted by Gasteiger charge is -2.44. The molecule has 3 heteroatoms. The third kappa shape index (κ3) is 1.56. The van der Waals surface area contributed by atoms with Crippen LogP contribution in [0.5, 0.6) is 0 Å². The van der Waals surface area contributed by atoms with Crippen LogP contribution in [-0.4, -0.2) is 31.1 Å². The van der Waals surface area contributed by atoms with E-state index in [2.05, 4.69) is 29.4 Å². The Morgan fingerprint density at radius 1 is 1.44 bits per heavy atom. The van der Waals surface area contributed by atoms with Crippen LogP contribution in [0.4, 0.5) is 0 Å². The van der Waals surface area contributed by atoms with E-state index in [1.54, 1.807) is 0 Å². The van der Waals surface area contributed by atoms with E-state index in [4.69, 9.17) is 11.6 Å². The van der Waals surface area contributed by atoms with E-state index in [0.29, 0.717) is 12.1 Å². The molecule has 2 atom stereocenters. The smallest absolute Gasteiger partial charge is 0.0502 e. The fourth-order valence-corrected chi connectivity index (χ4v) is 3.39. The second kappa shape index (κ2) is 4.02. The number of halogens is 1. The van der Waals surface area contributed by atoms with Gasteiger partial charge < -0.3 is 5.32 Å². The molecule has 2 unspecified atom stereocenters. The van der Waals surface area contributed by atoms with Gasteiger partial charge in [0.05, 0.1) is 6.04 Å². The molecule has 1 aliphatic carbocycles. The SMILES string of the molecule is CN1CCNC2CCc3c(Cl)cccc3C21. The first-order valence-electron chi connectivity index (χ1n) is 5.98. The van der Waals surface area contributed by atoms with Gasteiger partial charge in [-0.25, -0.2) is 0 Å². The van der Waals surface area contributed by atoms with Crippen LogP contribution >= 0.6 is 11.6 Å². The summed E-state index contributed by atoms with van der Waals surface area (Å²) < 4.78 is 0. The average molecular weight is 237 g/mol. The van der Waals surface area contributed by atoms with Crippen LogP contribution in [0.25, 0.3) is 0 Å². The number of piperazine rings is 1. The van der Waals surface area contributed by atoms with Gasteiger partial charge >= 0.3 is 0 Å². The second-order valence-electron chi connectivity index (χ2n) is 4.83. The summed E-state index contributed by atoms with van der Waals surface area (Å²) in [4.78, 5) is 2.45. The van der Waals surface area contributed by atoms with E-state index >= 15 is 0 Å². The summed E-state index contributed by atoms with van der Waals surface area (Å²) >= 11 is 6.28. The third-order valence-corrected chi connectivity index (χ3v) is 4.26. The van der Waals surface area contributed by atoms with Crippen molar-refractivity contribution in [3.8, 4) is 0 Å². The van der Waals surface area contributed by atoms with Crippen LogP contribution in [0.15, 0.2) is 18.2 Å². The first-order valence-corrected chi connectivity index (χ1v) is 6.36. The summed E-state index contributed by atoms with van der Waals surface area (Å²) in [5, 5.41) is 4.57. The highest BCUT2D eigenvalue weighted by atomic mass is 35.5. The minimum Gasteiger partial charge on any atom is -0.311 e. The Bertz CT molecular complexity index is 405. The highest BCUT2D eigenvalue weighted by Crippen LogP contribution is 2.38. The number of rotatable bonds is 0.